The predicted octanol–water partition coefficient (Wildman–Crippen LogP) is 3.96. The van der Waals surface area contributed by atoms with E-state index in [4.69, 9.17) is 27.6 Å². The first-order valence-corrected chi connectivity index (χ1v) is 6.57. The molecule has 1 aromatic heterocycles. The standard InChI is InChI=1S/C14H15Cl2NO/c1-17-12(7-11-4-5-18-9-11)6-10-2-3-13(15)14(16)8-10/h2-5,8-9,12,17H,6-7H2,1H3. The van der Waals surface area contributed by atoms with Gasteiger partial charge < -0.3 is 9.73 Å². The molecule has 0 radical (unpaired) electrons. The molecule has 0 bridgehead atoms. The van der Waals surface area contributed by atoms with Gasteiger partial charge in [-0.1, -0.05) is 29.3 Å². The lowest BCUT2D eigenvalue weighted by molar-refractivity contribution is 0.538. The van der Waals surface area contributed by atoms with Crippen molar-refractivity contribution in [1.29, 1.82) is 0 Å². The molecule has 0 amide bonds. The van der Waals surface area contributed by atoms with Crippen LogP contribution in [0.3, 0.4) is 0 Å². The molecule has 0 aliphatic heterocycles. The summed E-state index contributed by atoms with van der Waals surface area (Å²) in [6.45, 7) is 0. The van der Waals surface area contributed by atoms with E-state index in [2.05, 4.69) is 5.32 Å². The molecule has 4 heteroatoms. The molecule has 0 aliphatic rings. The predicted molar refractivity (Wildman–Crippen MR) is 75.4 cm³/mol. The highest BCUT2D eigenvalue weighted by molar-refractivity contribution is 6.42. The minimum atomic E-state index is 0.347. The maximum absolute atomic E-state index is 6.02. The second kappa shape index (κ2) is 6.28. The summed E-state index contributed by atoms with van der Waals surface area (Å²) in [5, 5.41) is 4.50. The van der Waals surface area contributed by atoms with Crippen LogP contribution in [-0.2, 0) is 12.8 Å². The smallest absolute Gasteiger partial charge is 0.0935 e. The molecule has 1 aromatic carbocycles. The molecule has 18 heavy (non-hydrogen) atoms. The first kappa shape index (κ1) is 13.5. The fourth-order valence-electron chi connectivity index (χ4n) is 1.92. The van der Waals surface area contributed by atoms with Gasteiger partial charge in [0.05, 0.1) is 22.6 Å². The van der Waals surface area contributed by atoms with Gasteiger partial charge in [-0.05, 0) is 49.2 Å². The van der Waals surface area contributed by atoms with Gasteiger partial charge in [0.2, 0.25) is 0 Å². The number of hydrogen-bond acceptors (Lipinski definition) is 2. The van der Waals surface area contributed by atoms with Crippen LogP contribution in [0.1, 0.15) is 11.1 Å². The summed E-state index contributed by atoms with van der Waals surface area (Å²) in [5.41, 5.74) is 2.36. The molecule has 2 aromatic rings. The van der Waals surface area contributed by atoms with Crippen LogP contribution in [0.2, 0.25) is 10.0 Å². The normalized spacial score (nSPS) is 12.6. The lowest BCUT2D eigenvalue weighted by Gasteiger charge is -2.15. The molecular weight excluding hydrogens is 269 g/mol. The lowest BCUT2D eigenvalue weighted by atomic mass is 10.0. The van der Waals surface area contributed by atoms with Crippen molar-refractivity contribution in [3.8, 4) is 0 Å². The Labute approximate surface area is 117 Å². The summed E-state index contributed by atoms with van der Waals surface area (Å²) in [7, 11) is 1.96. The quantitative estimate of drug-likeness (QED) is 0.899. The van der Waals surface area contributed by atoms with Crippen molar-refractivity contribution in [2.45, 2.75) is 18.9 Å². The van der Waals surface area contributed by atoms with Crippen molar-refractivity contribution in [3.63, 3.8) is 0 Å². The molecule has 1 N–H and O–H groups in total. The van der Waals surface area contributed by atoms with Crippen LogP contribution in [0.15, 0.2) is 41.2 Å². The van der Waals surface area contributed by atoms with E-state index >= 15 is 0 Å². The summed E-state index contributed by atoms with van der Waals surface area (Å²) in [6, 6.07) is 8.10. The molecule has 1 unspecified atom stereocenters. The maximum atomic E-state index is 6.02. The van der Waals surface area contributed by atoms with Crippen molar-refractivity contribution in [3.05, 3.63) is 58.0 Å². The molecule has 2 nitrogen and oxygen atoms in total. The van der Waals surface area contributed by atoms with E-state index < -0.39 is 0 Å². The molecule has 2 rings (SSSR count). The van der Waals surface area contributed by atoms with Crippen molar-refractivity contribution >= 4 is 23.2 Å². The van der Waals surface area contributed by atoms with Crippen LogP contribution in [0.4, 0.5) is 0 Å². The monoisotopic (exact) mass is 283 g/mol. The summed E-state index contributed by atoms with van der Waals surface area (Å²) in [4.78, 5) is 0. The number of likely N-dealkylation sites (N-methyl/N-ethyl adjacent to an activating group) is 1. The zero-order valence-electron chi connectivity index (χ0n) is 10.1. The molecule has 96 valence electrons. The third-order valence-corrected chi connectivity index (χ3v) is 3.68. The second-order valence-electron chi connectivity index (χ2n) is 4.27. The van der Waals surface area contributed by atoms with Crippen molar-refractivity contribution in [1.82, 2.24) is 5.32 Å². The average molecular weight is 284 g/mol. The van der Waals surface area contributed by atoms with Gasteiger partial charge in [-0.15, -0.1) is 0 Å². The van der Waals surface area contributed by atoms with Gasteiger partial charge in [0, 0.05) is 6.04 Å². The number of furan rings is 1. The Balaban J connectivity index is 2.03. The van der Waals surface area contributed by atoms with E-state index in [1.54, 1.807) is 12.5 Å². The van der Waals surface area contributed by atoms with Gasteiger partial charge in [-0.25, -0.2) is 0 Å². The molecule has 0 saturated heterocycles. The third-order valence-electron chi connectivity index (χ3n) is 2.94. The van der Waals surface area contributed by atoms with Crippen molar-refractivity contribution in [2.24, 2.45) is 0 Å². The fourth-order valence-corrected chi connectivity index (χ4v) is 2.24. The minimum absolute atomic E-state index is 0.347. The Morgan fingerprint density at radius 3 is 2.50 bits per heavy atom. The van der Waals surface area contributed by atoms with E-state index in [1.807, 2.05) is 31.3 Å². The summed E-state index contributed by atoms with van der Waals surface area (Å²) >= 11 is 11.9. The molecule has 0 spiro atoms. The zero-order chi connectivity index (χ0) is 13.0. The van der Waals surface area contributed by atoms with Gasteiger partial charge >= 0.3 is 0 Å². The highest BCUT2D eigenvalue weighted by Gasteiger charge is 2.10. The maximum Gasteiger partial charge on any atom is 0.0935 e. The highest BCUT2D eigenvalue weighted by atomic mass is 35.5. The molecular formula is C14H15Cl2NO. The Morgan fingerprint density at radius 1 is 1.11 bits per heavy atom. The van der Waals surface area contributed by atoms with Gasteiger partial charge in [-0.3, -0.25) is 0 Å². The highest BCUT2D eigenvalue weighted by Crippen LogP contribution is 2.23. The third kappa shape index (κ3) is 3.52. The largest absolute Gasteiger partial charge is 0.472 e. The number of halogens is 2. The van der Waals surface area contributed by atoms with Gasteiger partial charge in [-0.2, -0.15) is 0 Å². The van der Waals surface area contributed by atoms with Crippen molar-refractivity contribution < 1.29 is 4.42 Å². The van der Waals surface area contributed by atoms with Gasteiger partial charge in [0.15, 0.2) is 0 Å². The van der Waals surface area contributed by atoms with Gasteiger partial charge in [0.25, 0.3) is 0 Å². The molecule has 1 atom stereocenters. The first-order valence-electron chi connectivity index (χ1n) is 5.81. The van der Waals surface area contributed by atoms with E-state index in [0.29, 0.717) is 16.1 Å². The van der Waals surface area contributed by atoms with Crippen LogP contribution < -0.4 is 5.32 Å². The summed E-state index contributed by atoms with van der Waals surface area (Å²) in [6.07, 6.45) is 5.30. The Hall–Kier alpha value is -0.960. The number of benzene rings is 1. The van der Waals surface area contributed by atoms with Crippen molar-refractivity contribution in [2.75, 3.05) is 7.05 Å². The zero-order valence-corrected chi connectivity index (χ0v) is 11.6. The number of hydrogen-bond donors (Lipinski definition) is 1. The Morgan fingerprint density at radius 2 is 1.89 bits per heavy atom. The second-order valence-corrected chi connectivity index (χ2v) is 5.09. The fraction of sp³-hybridized carbons (Fsp3) is 0.286. The number of nitrogens with one attached hydrogen (secondary N) is 1. The van der Waals surface area contributed by atoms with Crippen LogP contribution in [0.5, 0.6) is 0 Å². The molecule has 0 fully saturated rings. The van der Waals surface area contributed by atoms with E-state index in [1.165, 1.54) is 11.1 Å². The Kier molecular flexibility index (Phi) is 4.70. The summed E-state index contributed by atoms with van der Waals surface area (Å²) in [5.74, 6) is 0. The minimum Gasteiger partial charge on any atom is -0.472 e. The van der Waals surface area contributed by atoms with E-state index in [-0.39, 0.29) is 0 Å². The lowest BCUT2D eigenvalue weighted by Crippen LogP contribution is -2.29. The van der Waals surface area contributed by atoms with Crippen LogP contribution >= 0.6 is 23.2 Å². The first-order chi connectivity index (χ1) is 8.69. The van der Waals surface area contributed by atoms with Crippen LogP contribution in [0.25, 0.3) is 0 Å². The Bertz CT molecular complexity index is 497. The van der Waals surface area contributed by atoms with Crippen LogP contribution in [-0.4, -0.2) is 13.1 Å². The summed E-state index contributed by atoms with van der Waals surface area (Å²) < 4.78 is 5.08. The SMILES string of the molecule is CNC(Cc1ccoc1)Cc1ccc(Cl)c(Cl)c1. The topological polar surface area (TPSA) is 25.2 Å². The van der Waals surface area contributed by atoms with E-state index in [9.17, 15) is 0 Å². The number of rotatable bonds is 5. The van der Waals surface area contributed by atoms with E-state index in [0.717, 1.165) is 12.8 Å². The average Bonchev–Trinajstić information content (AvgIpc) is 2.86. The van der Waals surface area contributed by atoms with Crippen LogP contribution in [0, 0.1) is 0 Å². The molecule has 0 aliphatic carbocycles. The molecule has 0 saturated carbocycles. The van der Waals surface area contributed by atoms with Gasteiger partial charge in [0.1, 0.15) is 0 Å². The molecule has 1 heterocycles.